The Morgan fingerprint density at radius 2 is 1.67 bits per heavy atom. The van der Waals surface area contributed by atoms with Gasteiger partial charge in [-0.05, 0) is 30.2 Å². The molecule has 1 fully saturated rings. The zero-order valence-corrected chi connectivity index (χ0v) is 28.9. The van der Waals surface area contributed by atoms with Crippen molar-refractivity contribution in [3.63, 3.8) is 0 Å². The standard InChI is InChI=1S/C29H24N6O7S3.Na/c1-14-32-33-29(45-14)44-13-16-12-43-27-21(26(40)35(27)22(16)28(41)42)31-23(37)20(15-7-3-2-4-8-15)30-19(36)11-34-24(38)17-9-5-6-10-18(17)25(34)39;/h2-10,20-21,27H,11-13H2,1H3,(H,30,36)(H,31,37)(H,41,42);/q;+1/p-1/t20?,21?,27-;/m1./s1. The molecule has 0 aliphatic carbocycles. The summed E-state index contributed by atoms with van der Waals surface area (Å²) in [6.07, 6.45) is 0. The first kappa shape index (κ1) is 33.8. The van der Waals surface area contributed by atoms with Crippen molar-refractivity contribution in [2.75, 3.05) is 18.1 Å². The van der Waals surface area contributed by atoms with Crippen LogP contribution < -0.4 is 45.3 Å². The van der Waals surface area contributed by atoms with Gasteiger partial charge in [-0.25, -0.2) is 0 Å². The minimum atomic E-state index is -1.50. The number of thioether (sulfide) groups is 2. The summed E-state index contributed by atoms with van der Waals surface area (Å²) < 4.78 is 0.668. The molecule has 0 saturated carbocycles. The maximum atomic E-state index is 13.6. The second-order valence-corrected chi connectivity index (χ2v) is 13.7. The fraction of sp³-hybridized carbons (Fsp3) is 0.241. The van der Waals surface area contributed by atoms with Gasteiger partial charge in [-0.2, -0.15) is 0 Å². The summed E-state index contributed by atoms with van der Waals surface area (Å²) in [6.45, 7) is 1.19. The van der Waals surface area contributed by atoms with Gasteiger partial charge in [0.1, 0.15) is 29.0 Å². The second kappa shape index (κ2) is 14.1. The van der Waals surface area contributed by atoms with Crippen molar-refractivity contribution < 1.29 is 63.4 Å². The minimum Gasteiger partial charge on any atom is -0.543 e. The number of carbonyl (C=O) groups excluding carboxylic acids is 6. The molecule has 1 saturated heterocycles. The predicted molar refractivity (Wildman–Crippen MR) is 162 cm³/mol. The van der Waals surface area contributed by atoms with Gasteiger partial charge >= 0.3 is 29.6 Å². The number of nitrogens with one attached hydrogen (secondary N) is 2. The summed E-state index contributed by atoms with van der Waals surface area (Å²) in [5, 5.41) is 25.4. The van der Waals surface area contributed by atoms with Crippen LogP contribution in [0.1, 0.15) is 37.3 Å². The van der Waals surface area contributed by atoms with Crippen LogP contribution in [0.15, 0.2) is 70.2 Å². The first-order chi connectivity index (χ1) is 21.6. The fourth-order valence-corrected chi connectivity index (χ4v) is 8.48. The monoisotopic (exact) mass is 686 g/mol. The molecule has 17 heteroatoms. The number of β-lactam (4-membered cyclic amide) rings is 1. The summed E-state index contributed by atoms with van der Waals surface area (Å²) in [7, 11) is 0. The molecule has 1 aromatic heterocycles. The quantitative estimate of drug-likeness (QED) is 0.0996. The van der Waals surface area contributed by atoms with E-state index in [-0.39, 0.29) is 57.9 Å². The van der Waals surface area contributed by atoms with Gasteiger partial charge in [0.05, 0.1) is 22.8 Å². The third-order valence-corrected chi connectivity index (χ3v) is 10.7. The number of hydrogen-bond acceptors (Lipinski definition) is 12. The van der Waals surface area contributed by atoms with E-state index in [1.54, 1.807) is 42.5 Å². The smallest absolute Gasteiger partial charge is 0.543 e. The molecule has 13 nitrogen and oxygen atoms in total. The van der Waals surface area contributed by atoms with Gasteiger partial charge in [-0.1, -0.05) is 65.6 Å². The van der Waals surface area contributed by atoms with E-state index in [0.717, 1.165) is 14.8 Å². The van der Waals surface area contributed by atoms with Crippen LogP contribution in [-0.2, 0) is 19.2 Å². The van der Waals surface area contributed by atoms with E-state index in [0.29, 0.717) is 15.5 Å². The van der Waals surface area contributed by atoms with Crippen molar-refractivity contribution >= 4 is 70.4 Å². The van der Waals surface area contributed by atoms with Gasteiger partial charge in [-0.3, -0.25) is 33.8 Å². The molecule has 2 aromatic carbocycles. The number of aliphatic carboxylic acids is 1. The maximum absolute atomic E-state index is 13.6. The van der Waals surface area contributed by atoms with Gasteiger partial charge in [0.25, 0.3) is 17.7 Å². The molecule has 2 unspecified atom stereocenters. The largest absolute Gasteiger partial charge is 1.00 e. The Kier molecular flexibility index (Phi) is 10.3. The van der Waals surface area contributed by atoms with E-state index in [2.05, 4.69) is 20.8 Å². The third kappa shape index (κ3) is 6.50. The zero-order chi connectivity index (χ0) is 31.8. The number of benzene rings is 2. The summed E-state index contributed by atoms with van der Waals surface area (Å²) in [4.78, 5) is 79.5. The summed E-state index contributed by atoms with van der Waals surface area (Å²) >= 11 is 3.99. The Morgan fingerprint density at radius 1 is 1.02 bits per heavy atom. The molecule has 3 aliphatic rings. The molecule has 0 radical (unpaired) electrons. The van der Waals surface area contributed by atoms with Gasteiger partial charge in [0.15, 0.2) is 4.34 Å². The number of aromatic nitrogens is 2. The summed E-state index contributed by atoms with van der Waals surface area (Å²) in [6, 6.07) is 12.2. The van der Waals surface area contributed by atoms with Crippen LogP contribution in [0.2, 0.25) is 0 Å². The number of imide groups is 1. The SMILES string of the molecule is Cc1nnc(SCC2=C(C(=O)[O-])N3C(=O)C(NC(=O)C(NC(=O)CN4C(=O)c5ccccc5C4=O)c4ccccc4)[C@H]3SC2)s1.[Na+]. The number of amides is 5. The van der Waals surface area contributed by atoms with Crippen molar-refractivity contribution in [3.05, 3.63) is 87.6 Å². The molecule has 46 heavy (non-hydrogen) atoms. The molecule has 230 valence electrons. The van der Waals surface area contributed by atoms with Crippen molar-refractivity contribution in [1.82, 2.24) is 30.6 Å². The maximum Gasteiger partial charge on any atom is 1.00 e. The number of rotatable bonds is 10. The molecular formula is C29H23N6NaO7S3. The van der Waals surface area contributed by atoms with Crippen molar-refractivity contribution in [3.8, 4) is 0 Å². The van der Waals surface area contributed by atoms with Crippen molar-refractivity contribution in [1.29, 1.82) is 0 Å². The number of carboxylic acid groups (broad SMARTS) is 1. The van der Waals surface area contributed by atoms with E-state index in [1.165, 1.54) is 47.0 Å². The first-order valence-corrected chi connectivity index (χ1v) is 16.4. The number of aryl methyl sites for hydroxylation is 1. The molecule has 5 amide bonds. The molecular weight excluding hydrogens is 664 g/mol. The molecule has 0 bridgehead atoms. The van der Waals surface area contributed by atoms with E-state index >= 15 is 0 Å². The minimum absolute atomic E-state index is 0. The van der Waals surface area contributed by atoms with Gasteiger partial charge in [-0.15, -0.1) is 22.0 Å². The van der Waals surface area contributed by atoms with E-state index in [9.17, 15) is 33.9 Å². The van der Waals surface area contributed by atoms with Gasteiger partial charge in [0.2, 0.25) is 11.8 Å². The number of carboxylic acids is 1. The molecule has 0 spiro atoms. The topological polar surface area (TPSA) is 182 Å². The number of fused-ring (bicyclic) bond motifs is 2. The van der Waals surface area contributed by atoms with Gasteiger partial charge < -0.3 is 20.5 Å². The van der Waals surface area contributed by atoms with Crippen LogP contribution in [0.4, 0.5) is 0 Å². The van der Waals surface area contributed by atoms with Crippen LogP contribution in [-0.4, -0.2) is 85.0 Å². The fourth-order valence-electron chi connectivity index (χ4n) is 5.18. The van der Waals surface area contributed by atoms with Crippen LogP contribution in [0.3, 0.4) is 0 Å². The number of hydrogen-bond donors (Lipinski definition) is 2. The zero-order valence-electron chi connectivity index (χ0n) is 24.4. The van der Waals surface area contributed by atoms with E-state index < -0.39 is 59.5 Å². The number of carbonyl (C=O) groups is 6. The molecule has 3 aromatic rings. The Hall–Kier alpha value is -3.54. The first-order valence-electron chi connectivity index (χ1n) is 13.5. The second-order valence-electron chi connectivity index (χ2n) is 10.2. The molecule has 2 N–H and O–H groups in total. The van der Waals surface area contributed by atoms with Crippen LogP contribution in [0, 0.1) is 6.92 Å². The molecule has 6 rings (SSSR count). The molecule has 3 aliphatic heterocycles. The summed E-state index contributed by atoms with van der Waals surface area (Å²) in [5.41, 5.74) is 1.04. The molecule has 4 heterocycles. The van der Waals surface area contributed by atoms with Crippen molar-refractivity contribution in [2.24, 2.45) is 0 Å². The third-order valence-electron chi connectivity index (χ3n) is 7.30. The summed E-state index contributed by atoms with van der Waals surface area (Å²) in [5.74, 6) is -4.28. The van der Waals surface area contributed by atoms with E-state index in [4.69, 9.17) is 0 Å². The van der Waals surface area contributed by atoms with E-state index in [1.807, 2.05) is 6.92 Å². The predicted octanol–water partition coefficient (Wildman–Crippen LogP) is -2.50. The Labute approximate surface area is 296 Å². The van der Waals surface area contributed by atoms with Crippen LogP contribution in [0.25, 0.3) is 0 Å². The average Bonchev–Trinajstić information content (AvgIpc) is 3.57. The van der Waals surface area contributed by atoms with Crippen LogP contribution in [0.5, 0.6) is 0 Å². The Balaban J connectivity index is 0.00000417. The Bertz CT molecular complexity index is 1750. The normalized spacial score (nSPS) is 19.1. The number of nitrogens with zero attached hydrogens (tertiary/aromatic N) is 4. The van der Waals surface area contributed by atoms with Crippen molar-refractivity contribution in [2.45, 2.75) is 28.7 Å². The Morgan fingerprint density at radius 3 is 2.28 bits per heavy atom. The van der Waals surface area contributed by atoms with Crippen LogP contribution >= 0.6 is 34.9 Å². The van der Waals surface area contributed by atoms with Gasteiger partial charge in [0, 0.05) is 11.5 Å². The molecule has 3 atom stereocenters. The average molecular weight is 687 g/mol.